The quantitative estimate of drug-likeness (QED) is 0.569. The van der Waals surface area contributed by atoms with Crippen molar-refractivity contribution >= 4 is 22.0 Å². The number of carboxylic acid groups (broad SMARTS) is 1. The summed E-state index contributed by atoms with van der Waals surface area (Å²) in [6, 6.07) is 5.07. The fourth-order valence-electron chi connectivity index (χ4n) is 1.99. The Bertz CT molecular complexity index is 656. The van der Waals surface area contributed by atoms with E-state index in [0.29, 0.717) is 13.0 Å². The standard InChI is InChI=1S/C7H12N2O3.C7H8O3S/c8-5(7(11)12)3-4-1-2-9-6(4)10;1-6-2-4-7(5-3-6)11(8,9)10/h4-5H,1-3,8H2,(H,9,10)(H,11,12);2-5H,1H3,(H,8,9,10). The molecule has 0 spiro atoms. The molecule has 2 atom stereocenters. The van der Waals surface area contributed by atoms with Gasteiger partial charge in [-0.1, -0.05) is 17.7 Å². The molecule has 23 heavy (non-hydrogen) atoms. The lowest BCUT2D eigenvalue weighted by Crippen LogP contribution is -2.34. The normalized spacial score (nSPS) is 18.6. The zero-order valence-electron chi connectivity index (χ0n) is 12.6. The molecule has 5 N–H and O–H groups in total. The number of nitrogens with two attached hydrogens (primary N) is 1. The Morgan fingerprint density at radius 3 is 2.35 bits per heavy atom. The molecule has 2 rings (SSSR count). The first-order chi connectivity index (χ1) is 10.6. The van der Waals surface area contributed by atoms with Crippen molar-refractivity contribution in [2.75, 3.05) is 6.54 Å². The molecule has 1 heterocycles. The Kier molecular flexibility index (Phi) is 6.67. The van der Waals surface area contributed by atoms with Gasteiger partial charge >= 0.3 is 5.97 Å². The Hall–Kier alpha value is -1.97. The Labute approximate surface area is 134 Å². The minimum Gasteiger partial charge on any atom is -0.480 e. The maximum atomic E-state index is 11.0. The number of carbonyl (C=O) groups is 2. The summed E-state index contributed by atoms with van der Waals surface area (Å²) in [5.41, 5.74) is 6.23. The Balaban J connectivity index is 0.000000231. The fraction of sp³-hybridized carbons (Fsp3) is 0.429. The molecule has 0 radical (unpaired) electrons. The molecule has 1 aliphatic heterocycles. The van der Waals surface area contributed by atoms with Crippen LogP contribution in [0.3, 0.4) is 0 Å². The number of benzene rings is 1. The van der Waals surface area contributed by atoms with Crippen molar-refractivity contribution in [2.24, 2.45) is 11.7 Å². The molecule has 2 unspecified atom stereocenters. The van der Waals surface area contributed by atoms with E-state index in [-0.39, 0.29) is 23.1 Å². The van der Waals surface area contributed by atoms with Crippen LogP contribution in [0.1, 0.15) is 18.4 Å². The zero-order chi connectivity index (χ0) is 17.6. The largest absolute Gasteiger partial charge is 0.480 e. The van der Waals surface area contributed by atoms with Gasteiger partial charge in [0.2, 0.25) is 5.91 Å². The molecule has 1 aliphatic rings. The third-order valence-corrected chi connectivity index (χ3v) is 4.21. The van der Waals surface area contributed by atoms with Crippen molar-refractivity contribution in [1.82, 2.24) is 5.32 Å². The molecule has 1 aromatic carbocycles. The third kappa shape index (κ3) is 6.35. The summed E-state index contributed by atoms with van der Waals surface area (Å²) in [7, 11) is -4.02. The van der Waals surface area contributed by atoms with Crippen LogP contribution >= 0.6 is 0 Å². The van der Waals surface area contributed by atoms with Crippen molar-refractivity contribution < 1.29 is 27.7 Å². The monoisotopic (exact) mass is 344 g/mol. The van der Waals surface area contributed by atoms with Crippen molar-refractivity contribution in [3.63, 3.8) is 0 Å². The number of hydrogen-bond acceptors (Lipinski definition) is 5. The Morgan fingerprint density at radius 2 is 1.96 bits per heavy atom. The van der Waals surface area contributed by atoms with E-state index in [4.69, 9.17) is 15.4 Å². The summed E-state index contributed by atoms with van der Waals surface area (Å²) in [5, 5.41) is 11.1. The summed E-state index contributed by atoms with van der Waals surface area (Å²) < 4.78 is 29.6. The van der Waals surface area contributed by atoms with Crippen LogP contribution in [-0.2, 0) is 19.7 Å². The van der Waals surface area contributed by atoms with Crippen LogP contribution in [0.5, 0.6) is 0 Å². The molecule has 0 saturated carbocycles. The summed E-state index contributed by atoms with van der Waals surface area (Å²) in [6.07, 6.45) is 0.932. The average Bonchev–Trinajstić information content (AvgIpc) is 2.84. The number of aryl methyl sites for hydroxylation is 1. The van der Waals surface area contributed by atoms with E-state index in [1.165, 1.54) is 12.1 Å². The molecule has 128 valence electrons. The second kappa shape index (κ2) is 8.04. The molecular weight excluding hydrogens is 324 g/mol. The maximum absolute atomic E-state index is 11.0. The van der Waals surface area contributed by atoms with E-state index in [9.17, 15) is 18.0 Å². The molecule has 0 aliphatic carbocycles. The van der Waals surface area contributed by atoms with Gasteiger partial charge in [0, 0.05) is 12.5 Å². The van der Waals surface area contributed by atoms with Crippen molar-refractivity contribution in [3.05, 3.63) is 29.8 Å². The van der Waals surface area contributed by atoms with E-state index in [0.717, 1.165) is 5.56 Å². The number of rotatable bonds is 4. The van der Waals surface area contributed by atoms with Crippen LogP contribution in [0, 0.1) is 12.8 Å². The van der Waals surface area contributed by atoms with Gasteiger partial charge < -0.3 is 16.2 Å². The lowest BCUT2D eigenvalue weighted by Gasteiger charge is -2.09. The van der Waals surface area contributed by atoms with Gasteiger partial charge in [0.1, 0.15) is 6.04 Å². The van der Waals surface area contributed by atoms with Crippen LogP contribution in [-0.4, -0.2) is 42.5 Å². The maximum Gasteiger partial charge on any atom is 0.320 e. The average molecular weight is 344 g/mol. The van der Waals surface area contributed by atoms with E-state index in [2.05, 4.69) is 5.32 Å². The number of nitrogens with one attached hydrogen (secondary N) is 1. The van der Waals surface area contributed by atoms with Gasteiger partial charge in [-0.2, -0.15) is 8.42 Å². The van der Waals surface area contributed by atoms with Crippen LogP contribution in [0.2, 0.25) is 0 Å². The molecule has 0 bridgehead atoms. The topological polar surface area (TPSA) is 147 Å². The zero-order valence-corrected chi connectivity index (χ0v) is 13.4. The van der Waals surface area contributed by atoms with Gasteiger partial charge in [0.15, 0.2) is 0 Å². The predicted octanol–water partition coefficient (Wildman–Crippen LogP) is 0.166. The third-order valence-electron chi connectivity index (χ3n) is 3.34. The lowest BCUT2D eigenvalue weighted by atomic mass is 9.99. The molecule has 1 amide bonds. The number of hydrogen-bond donors (Lipinski definition) is 4. The summed E-state index contributed by atoms with van der Waals surface area (Å²) >= 11 is 0. The molecule has 9 heteroatoms. The molecule has 1 saturated heterocycles. The molecule has 0 aromatic heterocycles. The molecule has 8 nitrogen and oxygen atoms in total. The summed E-state index contributed by atoms with van der Waals surface area (Å²) in [5.74, 6) is -1.34. The number of carbonyl (C=O) groups excluding carboxylic acids is 1. The Morgan fingerprint density at radius 1 is 1.39 bits per heavy atom. The molecular formula is C14H20N2O6S. The number of carboxylic acids is 1. The second-order valence-electron chi connectivity index (χ2n) is 5.25. The van der Waals surface area contributed by atoms with E-state index < -0.39 is 22.1 Å². The van der Waals surface area contributed by atoms with E-state index in [1.54, 1.807) is 12.1 Å². The summed E-state index contributed by atoms with van der Waals surface area (Å²) in [4.78, 5) is 21.2. The molecule has 1 fully saturated rings. The van der Waals surface area contributed by atoms with E-state index >= 15 is 0 Å². The van der Waals surface area contributed by atoms with Gasteiger partial charge in [0.25, 0.3) is 10.1 Å². The van der Waals surface area contributed by atoms with Gasteiger partial charge in [-0.15, -0.1) is 0 Å². The smallest absolute Gasteiger partial charge is 0.320 e. The fourth-order valence-corrected chi connectivity index (χ4v) is 2.47. The van der Waals surface area contributed by atoms with Crippen LogP contribution in [0.15, 0.2) is 29.2 Å². The van der Waals surface area contributed by atoms with Crippen molar-refractivity contribution in [1.29, 1.82) is 0 Å². The highest BCUT2D eigenvalue weighted by atomic mass is 32.2. The van der Waals surface area contributed by atoms with Crippen LogP contribution in [0.4, 0.5) is 0 Å². The first-order valence-electron chi connectivity index (χ1n) is 6.91. The number of amides is 1. The first kappa shape index (κ1) is 19.1. The lowest BCUT2D eigenvalue weighted by molar-refractivity contribution is -0.139. The van der Waals surface area contributed by atoms with Crippen LogP contribution in [0.25, 0.3) is 0 Å². The van der Waals surface area contributed by atoms with Crippen molar-refractivity contribution in [3.8, 4) is 0 Å². The minimum atomic E-state index is -4.02. The molecule has 1 aromatic rings. The summed E-state index contributed by atoms with van der Waals surface area (Å²) in [6.45, 7) is 2.48. The van der Waals surface area contributed by atoms with Crippen LogP contribution < -0.4 is 11.1 Å². The number of aliphatic carboxylic acids is 1. The van der Waals surface area contributed by atoms with E-state index in [1.807, 2.05) is 6.92 Å². The van der Waals surface area contributed by atoms with Gasteiger partial charge in [-0.3, -0.25) is 14.1 Å². The highest BCUT2D eigenvalue weighted by Gasteiger charge is 2.28. The highest BCUT2D eigenvalue weighted by molar-refractivity contribution is 7.85. The van der Waals surface area contributed by atoms with Gasteiger partial charge in [0.05, 0.1) is 4.90 Å². The van der Waals surface area contributed by atoms with Gasteiger partial charge in [-0.25, -0.2) is 0 Å². The minimum absolute atomic E-state index is 0.0666. The predicted molar refractivity (Wildman–Crippen MR) is 82.3 cm³/mol. The second-order valence-corrected chi connectivity index (χ2v) is 6.67. The van der Waals surface area contributed by atoms with Crippen molar-refractivity contribution in [2.45, 2.75) is 30.7 Å². The highest BCUT2D eigenvalue weighted by Crippen LogP contribution is 2.15. The first-order valence-corrected chi connectivity index (χ1v) is 8.35. The van der Waals surface area contributed by atoms with Gasteiger partial charge in [-0.05, 0) is 31.9 Å². The SMILES string of the molecule is Cc1ccc(S(=O)(=O)O)cc1.NC(CC1CCNC1=O)C(=O)O.